The third-order valence-electron chi connectivity index (χ3n) is 6.46. The van der Waals surface area contributed by atoms with Crippen LogP contribution in [0.15, 0.2) is 94.9 Å². The summed E-state index contributed by atoms with van der Waals surface area (Å²) in [6, 6.07) is 25.9. The van der Waals surface area contributed by atoms with Gasteiger partial charge >= 0.3 is 12.1 Å². The van der Waals surface area contributed by atoms with Crippen molar-refractivity contribution in [2.75, 3.05) is 19.7 Å². The van der Waals surface area contributed by atoms with Crippen molar-refractivity contribution in [2.24, 2.45) is 5.92 Å². The topological polar surface area (TPSA) is 102 Å². The number of nitrogens with zero attached hydrogens (tertiary/aromatic N) is 2. The first-order valence-corrected chi connectivity index (χ1v) is 12.7. The molecule has 1 fully saturated rings. The third kappa shape index (κ3) is 6.35. The minimum absolute atomic E-state index is 0.0467. The first-order valence-electron chi connectivity index (χ1n) is 12.7. The van der Waals surface area contributed by atoms with Crippen molar-refractivity contribution in [2.45, 2.75) is 13.3 Å². The number of rotatable bonds is 8. The minimum atomic E-state index is -0.985. The Labute approximate surface area is 226 Å². The molecule has 0 bridgehead atoms. The largest absolute Gasteiger partial charge is 0.493 e. The predicted octanol–water partition coefficient (Wildman–Crippen LogP) is 5.87. The molecular formula is C31H28N2O6. The number of amides is 1. The van der Waals surface area contributed by atoms with Crippen LogP contribution in [0, 0.1) is 12.8 Å². The number of carbonyl (C=O) groups is 2. The number of carboxylic acids is 1. The molecule has 0 spiro atoms. The van der Waals surface area contributed by atoms with Gasteiger partial charge in [-0.1, -0.05) is 54.6 Å². The number of oxazole rings is 1. The second-order valence-electron chi connectivity index (χ2n) is 9.23. The van der Waals surface area contributed by atoms with Gasteiger partial charge in [0.05, 0.1) is 18.2 Å². The molecule has 198 valence electrons. The summed E-state index contributed by atoms with van der Waals surface area (Å²) < 4.78 is 17.2. The number of likely N-dealkylation sites (tertiary alicyclic amines) is 1. The van der Waals surface area contributed by atoms with Gasteiger partial charge in [-0.3, -0.25) is 4.79 Å². The Morgan fingerprint density at radius 3 is 2.49 bits per heavy atom. The normalized spacial score (nSPS) is 15.9. The highest BCUT2D eigenvalue weighted by atomic mass is 16.6. The number of aliphatic carboxylic acids is 1. The zero-order valence-corrected chi connectivity index (χ0v) is 21.4. The molecule has 0 aliphatic carbocycles. The van der Waals surface area contributed by atoms with Gasteiger partial charge in [-0.2, -0.15) is 0 Å². The molecule has 1 aromatic heterocycles. The Morgan fingerprint density at radius 1 is 1.03 bits per heavy atom. The standard InChI is InChI=1S/C31H28N2O6/c1-21-28(32-29(38-21)23-10-4-2-5-11-23)15-16-37-26-14-8-9-22(18-26)17-24-19-33(20-27(24)30(34)35)31(36)39-25-12-6-3-7-13-25/h2-14,17-18,27H,15-16,19-20H2,1H3,(H,34,35)/b24-17+. The number of carboxylic acid groups (broad SMARTS) is 1. The van der Waals surface area contributed by atoms with Crippen LogP contribution in [0.5, 0.6) is 11.5 Å². The summed E-state index contributed by atoms with van der Waals surface area (Å²) in [4.78, 5) is 30.6. The summed E-state index contributed by atoms with van der Waals surface area (Å²) in [6.45, 7) is 2.51. The Balaban J connectivity index is 1.22. The molecular weight excluding hydrogens is 496 g/mol. The van der Waals surface area contributed by atoms with E-state index in [-0.39, 0.29) is 13.1 Å². The lowest BCUT2D eigenvalue weighted by atomic mass is 10.0. The molecule has 8 nitrogen and oxygen atoms in total. The van der Waals surface area contributed by atoms with Gasteiger partial charge in [-0.05, 0) is 54.5 Å². The molecule has 0 saturated carbocycles. The predicted molar refractivity (Wildman–Crippen MR) is 145 cm³/mol. The molecule has 5 rings (SSSR count). The highest BCUT2D eigenvalue weighted by molar-refractivity contribution is 5.81. The fourth-order valence-electron chi connectivity index (χ4n) is 4.45. The lowest BCUT2D eigenvalue weighted by Crippen LogP contribution is -2.32. The van der Waals surface area contributed by atoms with E-state index in [9.17, 15) is 14.7 Å². The lowest BCUT2D eigenvalue weighted by Gasteiger charge is -2.14. The van der Waals surface area contributed by atoms with E-state index in [1.807, 2.05) is 67.6 Å². The van der Waals surface area contributed by atoms with E-state index in [1.54, 1.807) is 30.3 Å². The van der Waals surface area contributed by atoms with E-state index in [4.69, 9.17) is 13.9 Å². The summed E-state index contributed by atoms with van der Waals surface area (Å²) in [5.74, 6) is 0.608. The van der Waals surface area contributed by atoms with Crippen LogP contribution in [0.1, 0.15) is 17.0 Å². The zero-order chi connectivity index (χ0) is 27.2. The monoisotopic (exact) mass is 524 g/mol. The van der Waals surface area contributed by atoms with Crippen LogP contribution in [0.4, 0.5) is 4.79 Å². The smallest absolute Gasteiger partial charge is 0.415 e. The van der Waals surface area contributed by atoms with Crippen molar-refractivity contribution in [3.05, 3.63) is 108 Å². The molecule has 4 aromatic rings. The summed E-state index contributed by atoms with van der Waals surface area (Å²) in [5, 5.41) is 9.77. The fourth-order valence-corrected chi connectivity index (χ4v) is 4.45. The lowest BCUT2D eigenvalue weighted by molar-refractivity contribution is -0.140. The van der Waals surface area contributed by atoms with Crippen LogP contribution in [-0.4, -0.2) is 46.7 Å². The Hall–Kier alpha value is -4.85. The molecule has 3 aromatic carbocycles. The number of hydrogen-bond acceptors (Lipinski definition) is 6. The number of hydrogen-bond donors (Lipinski definition) is 1. The van der Waals surface area contributed by atoms with Crippen molar-refractivity contribution >= 4 is 18.1 Å². The van der Waals surface area contributed by atoms with Gasteiger partial charge < -0.3 is 23.9 Å². The second kappa shape index (κ2) is 11.7. The number of para-hydroxylation sites is 1. The van der Waals surface area contributed by atoms with Crippen LogP contribution in [0.3, 0.4) is 0 Å². The van der Waals surface area contributed by atoms with E-state index >= 15 is 0 Å². The Morgan fingerprint density at radius 2 is 1.74 bits per heavy atom. The van der Waals surface area contributed by atoms with E-state index in [0.717, 1.165) is 22.6 Å². The van der Waals surface area contributed by atoms with Crippen LogP contribution in [0.2, 0.25) is 0 Å². The van der Waals surface area contributed by atoms with E-state index in [1.165, 1.54) is 4.90 Å². The zero-order valence-electron chi connectivity index (χ0n) is 21.4. The van der Waals surface area contributed by atoms with Crippen molar-refractivity contribution in [3.8, 4) is 23.0 Å². The van der Waals surface area contributed by atoms with Crippen molar-refractivity contribution in [1.29, 1.82) is 0 Å². The van der Waals surface area contributed by atoms with Crippen molar-refractivity contribution in [1.82, 2.24) is 9.88 Å². The molecule has 1 amide bonds. The summed E-state index contributed by atoms with van der Waals surface area (Å²) >= 11 is 0. The number of carbonyl (C=O) groups excluding carboxylic acids is 1. The molecule has 1 atom stereocenters. The number of ether oxygens (including phenoxy) is 2. The average molecular weight is 525 g/mol. The van der Waals surface area contributed by atoms with Crippen LogP contribution < -0.4 is 9.47 Å². The summed E-state index contributed by atoms with van der Waals surface area (Å²) in [6.07, 6.45) is 1.80. The third-order valence-corrected chi connectivity index (χ3v) is 6.46. The van der Waals surface area contributed by atoms with Crippen molar-refractivity contribution < 1.29 is 28.6 Å². The van der Waals surface area contributed by atoms with Gasteiger partial charge in [0, 0.05) is 25.1 Å². The van der Waals surface area contributed by atoms with Gasteiger partial charge in [0.25, 0.3) is 0 Å². The Bertz CT molecular complexity index is 1480. The van der Waals surface area contributed by atoms with Crippen LogP contribution >= 0.6 is 0 Å². The fraction of sp³-hybridized carbons (Fsp3) is 0.194. The first-order chi connectivity index (χ1) is 19.0. The first kappa shape index (κ1) is 25.8. The highest BCUT2D eigenvalue weighted by Gasteiger charge is 2.36. The maximum Gasteiger partial charge on any atom is 0.415 e. The molecule has 1 N–H and O–H groups in total. The number of aromatic nitrogens is 1. The van der Waals surface area contributed by atoms with Crippen molar-refractivity contribution in [3.63, 3.8) is 0 Å². The maximum absolute atomic E-state index is 12.6. The van der Waals surface area contributed by atoms with Gasteiger partial charge in [-0.25, -0.2) is 9.78 Å². The molecule has 1 aliphatic rings. The highest BCUT2D eigenvalue weighted by Crippen LogP contribution is 2.28. The summed E-state index contributed by atoms with van der Waals surface area (Å²) in [7, 11) is 0. The minimum Gasteiger partial charge on any atom is -0.493 e. The van der Waals surface area contributed by atoms with Gasteiger partial charge in [0.1, 0.15) is 17.3 Å². The summed E-state index contributed by atoms with van der Waals surface area (Å²) in [5.41, 5.74) is 3.17. The SMILES string of the molecule is Cc1oc(-c2ccccc2)nc1CCOc1cccc(/C=C2\CN(C(=O)Oc3ccccc3)CC2C(=O)O)c1. The number of benzene rings is 3. The molecule has 1 unspecified atom stereocenters. The maximum atomic E-state index is 12.6. The number of aryl methyl sites for hydroxylation is 1. The Kier molecular flexibility index (Phi) is 7.73. The van der Waals surface area contributed by atoms with Crippen LogP contribution in [-0.2, 0) is 11.2 Å². The van der Waals surface area contributed by atoms with Gasteiger partial charge in [0.2, 0.25) is 5.89 Å². The van der Waals surface area contributed by atoms with Gasteiger partial charge in [-0.15, -0.1) is 0 Å². The molecule has 8 heteroatoms. The molecule has 2 heterocycles. The van der Waals surface area contributed by atoms with E-state index < -0.39 is 18.0 Å². The average Bonchev–Trinajstić information content (AvgIpc) is 3.54. The molecule has 39 heavy (non-hydrogen) atoms. The molecule has 0 radical (unpaired) electrons. The molecule has 1 aliphatic heterocycles. The van der Waals surface area contributed by atoms with Crippen LogP contribution in [0.25, 0.3) is 17.5 Å². The quantitative estimate of drug-likeness (QED) is 0.308. The second-order valence-corrected chi connectivity index (χ2v) is 9.23. The molecule has 1 saturated heterocycles. The van der Waals surface area contributed by atoms with E-state index in [0.29, 0.717) is 36.0 Å². The van der Waals surface area contributed by atoms with Gasteiger partial charge in [0.15, 0.2) is 0 Å². The van der Waals surface area contributed by atoms with E-state index in [2.05, 4.69) is 4.98 Å².